The van der Waals surface area contributed by atoms with Crippen LogP contribution in [-0.4, -0.2) is 23.0 Å². The second-order valence-corrected chi connectivity index (χ2v) is 15.3. The van der Waals surface area contributed by atoms with Gasteiger partial charge in [0, 0.05) is 21.2 Å². The summed E-state index contributed by atoms with van der Waals surface area (Å²) in [5.74, 6) is 1.96. The molecular formula is C39H28BrN3Si. The molecule has 0 aliphatic carbocycles. The van der Waals surface area contributed by atoms with Gasteiger partial charge in [0.15, 0.2) is 25.5 Å². The molecule has 0 unspecified atom stereocenters. The second-order valence-electron chi connectivity index (χ2n) is 10.6. The minimum Gasteiger partial charge on any atom is -0.208 e. The molecule has 0 bridgehead atoms. The Labute approximate surface area is 267 Å². The van der Waals surface area contributed by atoms with E-state index in [0.29, 0.717) is 17.5 Å². The van der Waals surface area contributed by atoms with Gasteiger partial charge in [-0.3, -0.25) is 0 Å². The van der Waals surface area contributed by atoms with Crippen LogP contribution in [0.3, 0.4) is 0 Å². The number of benzene rings is 6. The van der Waals surface area contributed by atoms with E-state index in [2.05, 4.69) is 125 Å². The quantitative estimate of drug-likeness (QED) is 0.138. The van der Waals surface area contributed by atoms with Crippen molar-refractivity contribution in [2.24, 2.45) is 0 Å². The lowest BCUT2D eigenvalue weighted by atomic mass is 10.1. The van der Waals surface area contributed by atoms with Gasteiger partial charge >= 0.3 is 0 Å². The van der Waals surface area contributed by atoms with Crippen molar-refractivity contribution < 1.29 is 0 Å². The molecule has 7 rings (SSSR count). The van der Waals surface area contributed by atoms with E-state index in [4.69, 9.17) is 15.0 Å². The van der Waals surface area contributed by atoms with Gasteiger partial charge in [0.05, 0.1) is 0 Å². The fourth-order valence-electron chi connectivity index (χ4n) is 5.91. The Morgan fingerprint density at radius 1 is 0.341 bits per heavy atom. The first-order valence-electron chi connectivity index (χ1n) is 14.6. The first-order chi connectivity index (χ1) is 21.7. The van der Waals surface area contributed by atoms with Crippen LogP contribution in [-0.2, 0) is 0 Å². The van der Waals surface area contributed by atoms with Gasteiger partial charge < -0.3 is 0 Å². The normalized spacial score (nSPS) is 11.3. The van der Waals surface area contributed by atoms with Crippen molar-refractivity contribution >= 4 is 44.8 Å². The van der Waals surface area contributed by atoms with Crippen molar-refractivity contribution in [2.75, 3.05) is 0 Å². The van der Waals surface area contributed by atoms with Crippen LogP contribution in [0.25, 0.3) is 34.2 Å². The molecule has 0 spiro atoms. The SMILES string of the molecule is Brc1ccc([Si](c2ccccc2)(c2ccccc2)c2cccc(-c3nc(-c4ccccc4)nc(-c4ccccc4)n3)c2)cc1. The highest BCUT2D eigenvalue weighted by Crippen LogP contribution is 2.25. The first-order valence-corrected chi connectivity index (χ1v) is 17.4. The molecule has 0 aliphatic rings. The summed E-state index contributed by atoms with van der Waals surface area (Å²) in [5.41, 5.74) is 2.87. The zero-order chi connectivity index (χ0) is 29.8. The Morgan fingerprint density at radius 3 is 1.18 bits per heavy atom. The highest BCUT2D eigenvalue weighted by atomic mass is 79.9. The number of hydrogen-bond donors (Lipinski definition) is 0. The van der Waals surface area contributed by atoms with Crippen LogP contribution >= 0.6 is 15.9 Å². The number of nitrogens with zero attached hydrogens (tertiary/aromatic N) is 3. The van der Waals surface area contributed by atoms with Gasteiger partial charge in [0.2, 0.25) is 0 Å². The highest BCUT2D eigenvalue weighted by Gasteiger charge is 2.41. The summed E-state index contributed by atoms with van der Waals surface area (Å²) in [6, 6.07) is 59.8. The fraction of sp³-hybridized carbons (Fsp3) is 0. The van der Waals surface area contributed by atoms with Gasteiger partial charge in [-0.2, -0.15) is 0 Å². The maximum Gasteiger partial charge on any atom is 0.179 e. The first kappa shape index (κ1) is 27.8. The molecule has 6 aromatic carbocycles. The summed E-state index contributed by atoms with van der Waals surface area (Å²) in [7, 11) is -2.73. The molecule has 210 valence electrons. The smallest absolute Gasteiger partial charge is 0.179 e. The van der Waals surface area contributed by atoms with Gasteiger partial charge in [-0.05, 0) is 32.9 Å². The summed E-state index contributed by atoms with van der Waals surface area (Å²) in [6.45, 7) is 0. The van der Waals surface area contributed by atoms with Crippen LogP contribution in [0.4, 0.5) is 0 Å². The summed E-state index contributed by atoms with van der Waals surface area (Å²) in [6.07, 6.45) is 0. The molecule has 1 heterocycles. The summed E-state index contributed by atoms with van der Waals surface area (Å²) in [5, 5.41) is 5.20. The van der Waals surface area contributed by atoms with Gasteiger partial charge in [0.25, 0.3) is 0 Å². The topological polar surface area (TPSA) is 38.7 Å². The molecule has 0 fully saturated rings. The van der Waals surface area contributed by atoms with E-state index in [9.17, 15) is 0 Å². The van der Waals surface area contributed by atoms with Gasteiger partial charge in [-0.1, -0.05) is 174 Å². The van der Waals surface area contributed by atoms with Crippen LogP contribution in [0.1, 0.15) is 0 Å². The third-order valence-corrected chi connectivity index (χ3v) is 13.2. The molecule has 0 saturated carbocycles. The standard InChI is InChI=1S/C39H28BrN3Si/c40-32-24-26-35(27-25-32)44(33-19-9-3-10-20-33,34-21-11-4-12-22-34)36-23-13-18-31(28-36)39-42-37(29-14-5-1-6-15-29)41-38(43-39)30-16-7-2-8-17-30/h1-28H. The average molecular weight is 647 g/mol. The van der Waals surface area contributed by atoms with Crippen molar-refractivity contribution in [1.29, 1.82) is 0 Å². The van der Waals surface area contributed by atoms with E-state index in [1.807, 2.05) is 60.7 Å². The Morgan fingerprint density at radius 2 is 0.705 bits per heavy atom. The molecule has 44 heavy (non-hydrogen) atoms. The maximum atomic E-state index is 5.04. The Hall–Kier alpha value is -4.97. The van der Waals surface area contributed by atoms with Crippen LogP contribution < -0.4 is 20.7 Å². The molecule has 0 atom stereocenters. The monoisotopic (exact) mass is 645 g/mol. The van der Waals surface area contributed by atoms with E-state index in [0.717, 1.165) is 21.2 Å². The zero-order valence-electron chi connectivity index (χ0n) is 23.9. The van der Waals surface area contributed by atoms with Gasteiger partial charge in [-0.25, -0.2) is 15.0 Å². The lowest BCUT2D eigenvalue weighted by Gasteiger charge is -2.34. The lowest BCUT2D eigenvalue weighted by Crippen LogP contribution is -2.74. The van der Waals surface area contributed by atoms with Crippen LogP contribution in [0.5, 0.6) is 0 Å². The molecule has 1 aromatic heterocycles. The Balaban J connectivity index is 1.49. The molecular weight excluding hydrogens is 618 g/mol. The molecule has 0 N–H and O–H groups in total. The Bertz CT molecular complexity index is 1900. The number of hydrogen-bond acceptors (Lipinski definition) is 3. The molecule has 0 radical (unpaired) electrons. The van der Waals surface area contributed by atoms with E-state index < -0.39 is 8.07 Å². The van der Waals surface area contributed by atoms with Crippen molar-refractivity contribution in [1.82, 2.24) is 15.0 Å². The third-order valence-electron chi connectivity index (χ3n) is 7.94. The summed E-state index contributed by atoms with van der Waals surface area (Å²) >= 11 is 3.67. The van der Waals surface area contributed by atoms with Crippen molar-refractivity contribution in [3.63, 3.8) is 0 Å². The van der Waals surface area contributed by atoms with Gasteiger partial charge in [0.1, 0.15) is 0 Å². The minimum absolute atomic E-state index is 0.652. The van der Waals surface area contributed by atoms with E-state index in [-0.39, 0.29) is 0 Å². The maximum absolute atomic E-state index is 5.04. The predicted octanol–water partition coefficient (Wildman–Crippen LogP) is 7.01. The fourth-order valence-corrected chi connectivity index (χ4v) is 10.9. The van der Waals surface area contributed by atoms with Crippen molar-refractivity contribution in [2.45, 2.75) is 0 Å². The number of rotatable bonds is 7. The summed E-state index contributed by atoms with van der Waals surface area (Å²) < 4.78 is 1.06. The molecule has 5 heteroatoms. The zero-order valence-corrected chi connectivity index (χ0v) is 26.5. The lowest BCUT2D eigenvalue weighted by molar-refractivity contribution is 1.07. The van der Waals surface area contributed by atoms with Crippen LogP contribution in [0, 0.1) is 0 Å². The molecule has 0 aliphatic heterocycles. The number of halogens is 1. The largest absolute Gasteiger partial charge is 0.208 e. The minimum atomic E-state index is -2.73. The van der Waals surface area contributed by atoms with Crippen molar-refractivity contribution in [3.8, 4) is 34.2 Å². The van der Waals surface area contributed by atoms with E-state index in [1.165, 1.54) is 20.7 Å². The second kappa shape index (κ2) is 12.3. The van der Waals surface area contributed by atoms with Crippen LogP contribution in [0.15, 0.2) is 174 Å². The summed E-state index contributed by atoms with van der Waals surface area (Å²) in [4.78, 5) is 15.0. The van der Waals surface area contributed by atoms with Crippen molar-refractivity contribution in [3.05, 3.63) is 174 Å². The Kier molecular flexibility index (Phi) is 7.80. The third kappa shape index (κ3) is 5.32. The molecule has 0 amide bonds. The molecule has 3 nitrogen and oxygen atoms in total. The van der Waals surface area contributed by atoms with Gasteiger partial charge in [-0.15, -0.1) is 0 Å². The average Bonchev–Trinajstić information content (AvgIpc) is 3.11. The molecule has 7 aromatic rings. The predicted molar refractivity (Wildman–Crippen MR) is 187 cm³/mol. The van der Waals surface area contributed by atoms with E-state index in [1.54, 1.807) is 0 Å². The highest BCUT2D eigenvalue weighted by molar-refractivity contribution is 9.10. The van der Waals surface area contributed by atoms with E-state index >= 15 is 0 Å². The van der Waals surface area contributed by atoms with Crippen LogP contribution in [0.2, 0.25) is 0 Å². The number of aromatic nitrogens is 3. The molecule has 0 saturated heterocycles.